The number of halogens is 1. The molecule has 2 bridgehead atoms. The maximum atomic E-state index is 14.1. The topological polar surface area (TPSA) is 92.8 Å². The van der Waals surface area contributed by atoms with Gasteiger partial charge in [0.25, 0.3) is 5.91 Å². The molecule has 3 aliphatic carbocycles. The van der Waals surface area contributed by atoms with Crippen LogP contribution in [0, 0.1) is 18.8 Å². The SMILES string of the molecule is CCCC[C@H](C(=O)OCC(=O)Nc1cccc(Cl)c1C)N1C(=O)[C@H]2C3c4ccccc4C(c4ccccc43)[C@@H]2C1=O. The standard InChI is InChI=1S/C33H31ClN2O5/c1-3-4-16-25(33(40)41-17-26(37)35-24-15-9-14-23(34)18(24)2)36-31(38)29-27-19-10-5-6-11-20(19)28(30(29)32(36)39)22-13-8-7-12-21(22)27/h5-15,25,27-30H,3-4,16-17H2,1-2H3,(H,35,37)/t25-,27?,28?,29+,30+/m1/s1. The molecule has 4 aliphatic rings. The summed E-state index contributed by atoms with van der Waals surface area (Å²) in [5.41, 5.74) is 5.50. The summed E-state index contributed by atoms with van der Waals surface area (Å²) >= 11 is 6.14. The third-order valence-corrected chi connectivity index (χ3v) is 9.19. The Hall–Kier alpha value is -3.97. The van der Waals surface area contributed by atoms with E-state index in [-0.39, 0.29) is 30.1 Å². The lowest BCUT2D eigenvalue weighted by Crippen LogP contribution is -2.47. The molecule has 8 heteroatoms. The number of amides is 3. The highest BCUT2D eigenvalue weighted by Gasteiger charge is 2.63. The predicted molar refractivity (Wildman–Crippen MR) is 154 cm³/mol. The summed E-state index contributed by atoms with van der Waals surface area (Å²) in [5, 5.41) is 3.21. The second-order valence-corrected chi connectivity index (χ2v) is 11.4. The zero-order chi connectivity index (χ0) is 28.8. The van der Waals surface area contributed by atoms with Crippen molar-refractivity contribution >= 4 is 41.0 Å². The molecule has 1 aliphatic heterocycles. The lowest BCUT2D eigenvalue weighted by atomic mass is 9.55. The summed E-state index contributed by atoms with van der Waals surface area (Å²) in [7, 11) is 0. The molecule has 41 heavy (non-hydrogen) atoms. The van der Waals surface area contributed by atoms with Gasteiger partial charge in [-0.1, -0.05) is 86.0 Å². The van der Waals surface area contributed by atoms with Gasteiger partial charge in [-0.25, -0.2) is 4.79 Å². The second kappa shape index (κ2) is 10.8. The van der Waals surface area contributed by atoms with Crippen LogP contribution in [0.25, 0.3) is 0 Å². The van der Waals surface area contributed by atoms with Crippen molar-refractivity contribution in [3.63, 3.8) is 0 Å². The fourth-order valence-electron chi connectivity index (χ4n) is 6.92. The van der Waals surface area contributed by atoms with Crippen LogP contribution in [0.5, 0.6) is 0 Å². The van der Waals surface area contributed by atoms with E-state index in [4.69, 9.17) is 16.3 Å². The number of benzene rings is 3. The van der Waals surface area contributed by atoms with E-state index in [1.165, 1.54) is 0 Å². The van der Waals surface area contributed by atoms with Crippen LogP contribution in [0.2, 0.25) is 5.02 Å². The molecular formula is C33H31ClN2O5. The molecule has 3 aromatic rings. The quantitative estimate of drug-likeness (QED) is 0.282. The molecule has 0 spiro atoms. The Bertz CT molecular complexity index is 1450. The van der Waals surface area contributed by atoms with Gasteiger partial charge in [0.05, 0.1) is 11.8 Å². The Morgan fingerprint density at radius 2 is 1.41 bits per heavy atom. The number of hydrogen-bond donors (Lipinski definition) is 1. The van der Waals surface area contributed by atoms with Crippen LogP contribution in [0.3, 0.4) is 0 Å². The van der Waals surface area contributed by atoms with E-state index < -0.39 is 36.4 Å². The number of carbonyl (C=O) groups excluding carboxylic acids is 4. The van der Waals surface area contributed by atoms with Gasteiger partial charge in [0, 0.05) is 22.5 Å². The van der Waals surface area contributed by atoms with Gasteiger partial charge in [0.1, 0.15) is 6.04 Å². The predicted octanol–water partition coefficient (Wildman–Crippen LogP) is 5.58. The fraction of sp³-hybridized carbons (Fsp3) is 0.333. The molecule has 1 heterocycles. The first-order valence-electron chi connectivity index (χ1n) is 14.1. The highest BCUT2D eigenvalue weighted by atomic mass is 35.5. The van der Waals surface area contributed by atoms with Crippen LogP contribution < -0.4 is 5.32 Å². The van der Waals surface area contributed by atoms with Crippen molar-refractivity contribution in [2.24, 2.45) is 11.8 Å². The first-order valence-corrected chi connectivity index (χ1v) is 14.5. The van der Waals surface area contributed by atoms with E-state index in [0.717, 1.165) is 33.6 Å². The Balaban J connectivity index is 1.26. The molecule has 0 aromatic heterocycles. The zero-order valence-electron chi connectivity index (χ0n) is 22.9. The molecule has 210 valence electrons. The van der Waals surface area contributed by atoms with Crippen molar-refractivity contribution in [1.29, 1.82) is 0 Å². The third-order valence-electron chi connectivity index (χ3n) is 8.78. The normalized spacial score (nSPS) is 22.6. The molecular weight excluding hydrogens is 540 g/mol. The largest absolute Gasteiger partial charge is 0.454 e. The van der Waals surface area contributed by atoms with Crippen molar-refractivity contribution in [3.05, 3.63) is 99.6 Å². The van der Waals surface area contributed by atoms with Crippen molar-refractivity contribution in [1.82, 2.24) is 4.90 Å². The Labute approximate surface area is 243 Å². The third kappa shape index (κ3) is 4.43. The number of carbonyl (C=O) groups is 4. The molecule has 3 aromatic carbocycles. The molecule has 0 saturated carbocycles. The first-order chi connectivity index (χ1) is 19.8. The molecule has 7 rings (SSSR count). The molecule has 3 amide bonds. The zero-order valence-corrected chi connectivity index (χ0v) is 23.7. The number of rotatable bonds is 8. The van der Waals surface area contributed by atoms with Crippen molar-refractivity contribution in [2.75, 3.05) is 11.9 Å². The minimum atomic E-state index is -1.09. The number of ether oxygens (including phenoxy) is 1. The van der Waals surface area contributed by atoms with Gasteiger partial charge in [-0.15, -0.1) is 0 Å². The molecule has 7 nitrogen and oxygen atoms in total. The molecule has 0 radical (unpaired) electrons. The summed E-state index contributed by atoms with van der Waals surface area (Å²) < 4.78 is 5.43. The van der Waals surface area contributed by atoms with Gasteiger partial charge in [-0.05, 0) is 53.3 Å². The summed E-state index contributed by atoms with van der Waals surface area (Å²) in [6.07, 6.45) is 1.66. The van der Waals surface area contributed by atoms with Crippen molar-refractivity contribution in [3.8, 4) is 0 Å². The molecule has 3 atom stereocenters. The van der Waals surface area contributed by atoms with E-state index >= 15 is 0 Å². The minimum absolute atomic E-state index is 0.256. The summed E-state index contributed by atoms with van der Waals surface area (Å²) in [6, 6.07) is 20.1. The van der Waals surface area contributed by atoms with Crippen molar-refractivity contribution in [2.45, 2.75) is 51.0 Å². The number of likely N-dealkylation sites (tertiary alicyclic amines) is 1. The van der Waals surface area contributed by atoms with E-state index in [1.807, 2.05) is 55.5 Å². The fourth-order valence-corrected chi connectivity index (χ4v) is 7.09. The van der Waals surface area contributed by atoms with E-state index in [0.29, 0.717) is 22.7 Å². The summed E-state index contributed by atoms with van der Waals surface area (Å²) in [4.78, 5) is 55.5. The number of esters is 1. The van der Waals surface area contributed by atoms with Gasteiger partial charge in [-0.2, -0.15) is 0 Å². The van der Waals surface area contributed by atoms with Gasteiger partial charge in [0.15, 0.2) is 6.61 Å². The molecule has 1 fully saturated rings. The maximum Gasteiger partial charge on any atom is 0.329 e. The van der Waals surface area contributed by atoms with E-state index in [1.54, 1.807) is 25.1 Å². The summed E-state index contributed by atoms with van der Waals surface area (Å²) in [5.74, 6) is -3.63. The van der Waals surface area contributed by atoms with Crippen LogP contribution >= 0.6 is 11.6 Å². The number of imide groups is 1. The second-order valence-electron chi connectivity index (χ2n) is 11.0. The van der Waals surface area contributed by atoms with Crippen LogP contribution in [0.1, 0.15) is 65.8 Å². The van der Waals surface area contributed by atoms with Crippen molar-refractivity contribution < 1.29 is 23.9 Å². The van der Waals surface area contributed by atoms with Gasteiger partial charge < -0.3 is 10.1 Å². The lowest BCUT2D eigenvalue weighted by Gasteiger charge is -2.45. The Morgan fingerprint density at radius 3 is 1.93 bits per heavy atom. The highest BCUT2D eigenvalue weighted by molar-refractivity contribution is 6.31. The van der Waals surface area contributed by atoms with Gasteiger partial charge in [-0.3, -0.25) is 19.3 Å². The number of nitrogens with one attached hydrogen (secondary N) is 1. The van der Waals surface area contributed by atoms with E-state index in [2.05, 4.69) is 5.32 Å². The number of nitrogens with zero attached hydrogens (tertiary/aromatic N) is 1. The average Bonchev–Trinajstić information content (AvgIpc) is 3.24. The molecule has 0 unspecified atom stereocenters. The molecule has 1 N–H and O–H groups in total. The smallest absolute Gasteiger partial charge is 0.329 e. The Morgan fingerprint density at radius 1 is 0.878 bits per heavy atom. The van der Waals surface area contributed by atoms with Gasteiger partial charge in [0.2, 0.25) is 11.8 Å². The highest BCUT2D eigenvalue weighted by Crippen LogP contribution is 2.61. The number of hydrogen-bond acceptors (Lipinski definition) is 5. The van der Waals surface area contributed by atoms with Gasteiger partial charge >= 0.3 is 5.97 Å². The average molecular weight is 571 g/mol. The lowest BCUT2D eigenvalue weighted by molar-refractivity contribution is -0.160. The van der Waals surface area contributed by atoms with E-state index in [9.17, 15) is 19.2 Å². The van der Waals surface area contributed by atoms with Crippen LogP contribution in [-0.2, 0) is 23.9 Å². The summed E-state index contributed by atoms with van der Waals surface area (Å²) in [6.45, 7) is 3.21. The maximum absolute atomic E-state index is 14.1. The monoisotopic (exact) mass is 570 g/mol. The number of anilines is 1. The number of unbranched alkanes of at least 4 members (excludes halogenated alkanes) is 1. The first kappa shape index (κ1) is 27.2. The van der Waals surface area contributed by atoms with Crippen LogP contribution in [-0.4, -0.2) is 41.2 Å². The minimum Gasteiger partial charge on any atom is -0.454 e. The van der Waals surface area contributed by atoms with Crippen LogP contribution in [0.15, 0.2) is 66.7 Å². The van der Waals surface area contributed by atoms with Crippen LogP contribution in [0.4, 0.5) is 5.69 Å². The molecule has 1 saturated heterocycles. The Kier molecular flexibility index (Phi) is 7.16.